The zero-order valence-corrected chi connectivity index (χ0v) is 21.9. The number of likely N-dealkylation sites (tertiary alicyclic amines) is 1. The first-order chi connectivity index (χ1) is 17.3. The molecule has 1 amide bonds. The molecular formula is C25H31N3O6S2. The van der Waals surface area contributed by atoms with E-state index in [4.69, 9.17) is 9.15 Å². The van der Waals surface area contributed by atoms with Crippen molar-refractivity contribution in [3.8, 4) is 0 Å². The number of carbonyl (C=O) groups excluding carboxylic acids is 1. The Bertz CT molecular complexity index is 1250. The number of benzene rings is 2. The highest BCUT2D eigenvalue weighted by Crippen LogP contribution is 2.36. The molecule has 1 unspecified atom stereocenters. The zero-order valence-electron chi connectivity index (χ0n) is 20.3. The second-order valence-corrected chi connectivity index (χ2v) is 12.2. The Balaban J connectivity index is 1.36. The number of ether oxygens (including phenoxy) is 1. The van der Waals surface area contributed by atoms with Crippen molar-refractivity contribution in [3.63, 3.8) is 0 Å². The fourth-order valence-corrected chi connectivity index (χ4v) is 7.17. The number of piperidine rings is 1. The summed E-state index contributed by atoms with van der Waals surface area (Å²) in [6.45, 7) is 1.53. The van der Waals surface area contributed by atoms with E-state index in [1.807, 2.05) is 42.3 Å². The third-order valence-electron chi connectivity index (χ3n) is 6.60. The summed E-state index contributed by atoms with van der Waals surface area (Å²) in [5.41, 5.74) is 2.39. The molecule has 0 bridgehead atoms. The van der Waals surface area contributed by atoms with E-state index >= 15 is 0 Å². The van der Waals surface area contributed by atoms with Gasteiger partial charge in [-0.3, -0.25) is 15.3 Å². The number of sulfone groups is 1. The van der Waals surface area contributed by atoms with Crippen LogP contribution in [0.4, 0.5) is 0 Å². The minimum atomic E-state index is -4.00. The standard InChI is InChI=1S/C25H31N3O6S2/c1-28-14-11-25(12-15-28,24(29)27-30)36(31,32)20-9-7-19(8-10-20)35-16-13-26-23(33-2)22-17-18-5-3-4-6-21(18)34-22/h3-10,17,23,26,30H,11-16H2,1-2H3,(H,27,29). The summed E-state index contributed by atoms with van der Waals surface area (Å²) in [6.07, 6.45) is -0.146. The van der Waals surface area contributed by atoms with Crippen LogP contribution in [0.25, 0.3) is 11.0 Å². The smallest absolute Gasteiger partial charge is 0.265 e. The van der Waals surface area contributed by atoms with Crippen molar-refractivity contribution in [1.29, 1.82) is 0 Å². The van der Waals surface area contributed by atoms with Crippen molar-refractivity contribution in [3.05, 3.63) is 60.4 Å². The van der Waals surface area contributed by atoms with Gasteiger partial charge in [-0.05, 0) is 69.4 Å². The third kappa shape index (κ3) is 5.31. The normalized spacial score (nSPS) is 17.2. The van der Waals surface area contributed by atoms with Crippen LogP contribution in [0.5, 0.6) is 0 Å². The molecule has 1 aromatic heterocycles. The molecule has 1 saturated heterocycles. The first-order valence-corrected chi connectivity index (χ1v) is 14.1. The molecule has 0 saturated carbocycles. The van der Waals surface area contributed by atoms with Crippen LogP contribution >= 0.6 is 11.8 Å². The minimum absolute atomic E-state index is 0.0717. The van der Waals surface area contributed by atoms with Gasteiger partial charge in [0.2, 0.25) is 0 Å². The Morgan fingerprint density at radius 3 is 2.53 bits per heavy atom. The second kappa shape index (κ2) is 11.3. The predicted octanol–water partition coefficient (Wildman–Crippen LogP) is 3.20. The summed E-state index contributed by atoms with van der Waals surface area (Å²) < 4.78 is 36.7. The highest BCUT2D eigenvalue weighted by molar-refractivity contribution is 7.99. The van der Waals surface area contributed by atoms with Gasteiger partial charge in [0.15, 0.2) is 20.8 Å². The van der Waals surface area contributed by atoms with Gasteiger partial charge in [-0.25, -0.2) is 13.9 Å². The fourth-order valence-electron chi connectivity index (χ4n) is 4.43. The summed E-state index contributed by atoms with van der Waals surface area (Å²) >= 11 is 1.57. The quantitative estimate of drug-likeness (QED) is 0.119. The van der Waals surface area contributed by atoms with Crippen LogP contribution in [0.1, 0.15) is 24.8 Å². The number of nitrogens with one attached hydrogen (secondary N) is 2. The average Bonchev–Trinajstić information content (AvgIpc) is 3.33. The van der Waals surface area contributed by atoms with Crippen LogP contribution < -0.4 is 10.8 Å². The predicted molar refractivity (Wildman–Crippen MR) is 138 cm³/mol. The Kier molecular flexibility index (Phi) is 8.38. The largest absolute Gasteiger partial charge is 0.457 e. The molecule has 9 nitrogen and oxygen atoms in total. The molecule has 36 heavy (non-hydrogen) atoms. The van der Waals surface area contributed by atoms with Crippen LogP contribution in [-0.2, 0) is 19.4 Å². The first-order valence-electron chi connectivity index (χ1n) is 11.7. The van der Waals surface area contributed by atoms with Crippen LogP contribution in [0.2, 0.25) is 0 Å². The molecule has 11 heteroatoms. The lowest BCUT2D eigenvalue weighted by atomic mass is 9.95. The number of amides is 1. The summed E-state index contributed by atoms with van der Waals surface area (Å²) in [7, 11) is -0.513. The molecular weight excluding hydrogens is 502 g/mol. The molecule has 1 atom stereocenters. The van der Waals surface area contributed by atoms with Crippen molar-refractivity contribution in [1.82, 2.24) is 15.7 Å². The summed E-state index contributed by atoms with van der Waals surface area (Å²) in [6, 6.07) is 16.3. The van der Waals surface area contributed by atoms with Crippen LogP contribution in [0, 0.1) is 0 Å². The van der Waals surface area contributed by atoms with Gasteiger partial charge in [0.05, 0.1) is 4.90 Å². The maximum absolute atomic E-state index is 13.5. The maximum Gasteiger partial charge on any atom is 0.265 e. The van der Waals surface area contributed by atoms with E-state index in [-0.39, 0.29) is 24.0 Å². The minimum Gasteiger partial charge on any atom is -0.457 e. The van der Waals surface area contributed by atoms with Crippen LogP contribution in [-0.4, -0.2) is 68.7 Å². The van der Waals surface area contributed by atoms with Crippen molar-refractivity contribution < 1.29 is 27.6 Å². The van der Waals surface area contributed by atoms with Gasteiger partial charge in [-0.1, -0.05) is 18.2 Å². The lowest BCUT2D eigenvalue weighted by molar-refractivity contribution is -0.133. The van der Waals surface area contributed by atoms with Crippen LogP contribution in [0.15, 0.2) is 68.8 Å². The molecule has 194 valence electrons. The molecule has 2 heterocycles. The zero-order chi connectivity index (χ0) is 25.8. The van der Waals surface area contributed by atoms with E-state index < -0.39 is 20.5 Å². The molecule has 4 rings (SSSR count). The molecule has 0 radical (unpaired) electrons. The van der Waals surface area contributed by atoms with Gasteiger partial charge >= 0.3 is 0 Å². The van der Waals surface area contributed by atoms with Gasteiger partial charge in [-0.15, -0.1) is 11.8 Å². The molecule has 1 fully saturated rings. The Morgan fingerprint density at radius 1 is 1.19 bits per heavy atom. The van der Waals surface area contributed by atoms with E-state index in [0.29, 0.717) is 25.4 Å². The average molecular weight is 534 g/mol. The van der Waals surface area contributed by atoms with Gasteiger partial charge in [-0.2, -0.15) is 0 Å². The number of rotatable bonds is 10. The van der Waals surface area contributed by atoms with Crippen molar-refractivity contribution >= 4 is 38.5 Å². The molecule has 0 aliphatic carbocycles. The first kappa shape index (κ1) is 26.6. The van der Waals surface area contributed by atoms with Crippen molar-refractivity contribution in [2.24, 2.45) is 0 Å². The van der Waals surface area contributed by atoms with Gasteiger partial charge < -0.3 is 14.1 Å². The molecule has 3 N–H and O–H groups in total. The Morgan fingerprint density at radius 2 is 1.89 bits per heavy atom. The van der Waals surface area contributed by atoms with Gasteiger partial charge in [0, 0.05) is 29.7 Å². The SMILES string of the molecule is COC(NCCSc1ccc(S(=O)(=O)C2(C(=O)NO)CCN(C)CC2)cc1)c1cc2ccccc2o1. The van der Waals surface area contributed by atoms with E-state index in [1.165, 1.54) is 12.1 Å². The van der Waals surface area contributed by atoms with Gasteiger partial charge in [0.1, 0.15) is 11.3 Å². The van der Waals surface area contributed by atoms with E-state index in [1.54, 1.807) is 36.5 Å². The van der Waals surface area contributed by atoms with Crippen LogP contribution in [0.3, 0.4) is 0 Å². The van der Waals surface area contributed by atoms with E-state index in [9.17, 15) is 18.4 Å². The highest BCUT2D eigenvalue weighted by atomic mass is 32.2. The summed E-state index contributed by atoms with van der Waals surface area (Å²) in [5, 5.41) is 13.6. The number of nitrogens with zero attached hydrogens (tertiary/aromatic N) is 1. The molecule has 3 aromatic rings. The fraction of sp³-hybridized carbons (Fsp3) is 0.400. The Hall–Kier alpha value is -2.41. The number of furan rings is 1. The Labute approximate surface area is 215 Å². The number of para-hydroxylation sites is 1. The molecule has 1 aliphatic heterocycles. The number of hydrogen-bond donors (Lipinski definition) is 3. The van der Waals surface area contributed by atoms with Crippen molar-refractivity contribution in [2.45, 2.75) is 33.6 Å². The number of fused-ring (bicyclic) bond motifs is 1. The lowest BCUT2D eigenvalue weighted by Crippen LogP contribution is -2.57. The van der Waals surface area contributed by atoms with Gasteiger partial charge in [0.25, 0.3) is 5.91 Å². The molecule has 1 aliphatic rings. The second-order valence-electron chi connectivity index (χ2n) is 8.82. The number of carbonyl (C=O) groups is 1. The topological polar surface area (TPSA) is 121 Å². The number of hydrogen-bond acceptors (Lipinski definition) is 9. The van der Waals surface area contributed by atoms with E-state index in [0.717, 1.165) is 21.6 Å². The molecule has 0 spiro atoms. The highest BCUT2D eigenvalue weighted by Gasteiger charge is 2.52. The molecule has 2 aromatic carbocycles. The summed E-state index contributed by atoms with van der Waals surface area (Å²) in [5.74, 6) is 0.542. The number of methoxy groups -OCH3 is 1. The number of thioether (sulfide) groups is 1. The maximum atomic E-state index is 13.5. The third-order valence-corrected chi connectivity index (χ3v) is 10.1. The van der Waals surface area contributed by atoms with E-state index in [2.05, 4.69) is 5.32 Å². The number of hydroxylamine groups is 1. The van der Waals surface area contributed by atoms with Crippen molar-refractivity contribution in [2.75, 3.05) is 39.5 Å². The summed E-state index contributed by atoms with van der Waals surface area (Å²) in [4.78, 5) is 15.4. The monoisotopic (exact) mass is 533 g/mol. The lowest BCUT2D eigenvalue weighted by Gasteiger charge is -2.38.